The number of ether oxygens (including phenoxy) is 1. The lowest BCUT2D eigenvalue weighted by Gasteiger charge is -2.26. The quantitative estimate of drug-likeness (QED) is 0.403. The molecule has 0 saturated heterocycles. The molecule has 0 aromatic rings. The van der Waals surface area contributed by atoms with Crippen molar-refractivity contribution in [3.63, 3.8) is 0 Å². The third-order valence-electron chi connectivity index (χ3n) is 3.05. The van der Waals surface area contributed by atoms with Crippen LogP contribution in [0.4, 0.5) is 4.79 Å². The molecule has 1 aliphatic carbocycles. The third kappa shape index (κ3) is 9.32. The second kappa shape index (κ2) is 9.42. The van der Waals surface area contributed by atoms with Crippen LogP contribution in [0.3, 0.4) is 0 Å². The summed E-state index contributed by atoms with van der Waals surface area (Å²) in [7, 11) is 3.54. The molecule has 1 rings (SSSR count). The summed E-state index contributed by atoms with van der Waals surface area (Å²) in [6, 6.07) is 0.580. The molecule has 1 unspecified atom stereocenters. The Bertz CT molecular complexity index is 378. The van der Waals surface area contributed by atoms with Crippen molar-refractivity contribution in [2.75, 3.05) is 27.2 Å². The van der Waals surface area contributed by atoms with Crippen LogP contribution >= 0.6 is 24.0 Å². The zero-order chi connectivity index (χ0) is 16.0. The number of aliphatic imine (C=N–C) groups is 1. The molecule has 0 radical (unpaired) electrons. The standard InChI is InChI=1S/C15H30N4O2.HI/c1-11(9-17-13(16-5)18-12-7-8-12)10-19(6)14(20)21-15(2,3)4;/h11-12H,7-10H2,1-6H3,(H2,16,17,18);1H. The molecule has 1 amide bonds. The van der Waals surface area contributed by atoms with E-state index in [-0.39, 0.29) is 30.1 Å². The number of amides is 1. The summed E-state index contributed by atoms with van der Waals surface area (Å²) in [5, 5.41) is 6.63. The molecule has 1 atom stereocenters. The molecule has 1 saturated carbocycles. The van der Waals surface area contributed by atoms with Gasteiger partial charge in [-0.2, -0.15) is 0 Å². The van der Waals surface area contributed by atoms with Crippen molar-refractivity contribution in [1.29, 1.82) is 0 Å². The van der Waals surface area contributed by atoms with Gasteiger partial charge in [-0.3, -0.25) is 4.99 Å². The minimum absolute atomic E-state index is 0. The van der Waals surface area contributed by atoms with Crippen molar-refractivity contribution in [3.8, 4) is 0 Å². The van der Waals surface area contributed by atoms with Gasteiger partial charge in [-0.15, -0.1) is 24.0 Å². The van der Waals surface area contributed by atoms with Gasteiger partial charge in [0, 0.05) is 33.2 Å². The molecule has 0 heterocycles. The predicted molar refractivity (Wildman–Crippen MR) is 101 cm³/mol. The molecule has 0 bridgehead atoms. The van der Waals surface area contributed by atoms with Gasteiger partial charge < -0.3 is 20.3 Å². The van der Waals surface area contributed by atoms with E-state index in [1.807, 2.05) is 20.8 Å². The number of carbonyl (C=O) groups is 1. The minimum atomic E-state index is -0.455. The number of nitrogens with one attached hydrogen (secondary N) is 2. The van der Waals surface area contributed by atoms with Crippen LogP contribution in [0.5, 0.6) is 0 Å². The first-order valence-electron chi connectivity index (χ1n) is 7.62. The molecule has 0 aliphatic heterocycles. The van der Waals surface area contributed by atoms with E-state index < -0.39 is 5.60 Å². The first kappa shape index (κ1) is 21.3. The molecule has 0 aromatic carbocycles. The van der Waals surface area contributed by atoms with Crippen LogP contribution in [-0.2, 0) is 4.74 Å². The summed E-state index contributed by atoms with van der Waals surface area (Å²) in [4.78, 5) is 17.7. The Balaban J connectivity index is 0.00000441. The summed E-state index contributed by atoms with van der Waals surface area (Å²) < 4.78 is 5.34. The summed E-state index contributed by atoms with van der Waals surface area (Å²) >= 11 is 0. The molecule has 22 heavy (non-hydrogen) atoms. The Kier molecular flexibility index (Phi) is 9.11. The first-order valence-corrected chi connectivity index (χ1v) is 7.62. The van der Waals surface area contributed by atoms with Crippen LogP contribution in [0.1, 0.15) is 40.5 Å². The summed E-state index contributed by atoms with van der Waals surface area (Å²) in [5.41, 5.74) is -0.455. The van der Waals surface area contributed by atoms with Crippen LogP contribution in [0.25, 0.3) is 0 Å². The summed E-state index contributed by atoms with van der Waals surface area (Å²) in [6.07, 6.45) is 2.16. The highest BCUT2D eigenvalue weighted by Crippen LogP contribution is 2.18. The van der Waals surface area contributed by atoms with Gasteiger partial charge in [0.15, 0.2) is 5.96 Å². The predicted octanol–water partition coefficient (Wildman–Crippen LogP) is 2.43. The van der Waals surface area contributed by atoms with E-state index in [2.05, 4.69) is 22.5 Å². The molecule has 2 N–H and O–H groups in total. The maximum absolute atomic E-state index is 11.9. The SMILES string of the molecule is CN=C(NCC(C)CN(C)C(=O)OC(C)(C)C)NC1CC1.I. The molecule has 0 aromatic heterocycles. The summed E-state index contributed by atoms with van der Waals surface area (Å²) in [5.74, 6) is 1.14. The molecule has 7 heteroatoms. The number of carbonyl (C=O) groups excluding carboxylic acids is 1. The average Bonchev–Trinajstić information content (AvgIpc) is 3.16. The molecule has 0 spiro atoms. The number of halogens is 1. The van der Waals surface area contributed by atoms with Crippen LogP contribution in [0, 0.1) is 5.92 Å². The Labute approximate surface area is 151 Å². The minimum Gasteiger partial charge on any atom is -0.444 e. The molecule has 130 valence electrons. The van der Waals surface area contributed by atoms with Crippen molar-refractivity contribution in [2.24, 2.45) is 10.9 Å². The first-order chi connectivity index (χ1) is 9.71. The van der Waals surface area contributed by atoms with Gasteiger partial charge in [0.2, 0.25) is 0 Å². The number of nitrogens with zero attached hydrogens (tertiary/aromatic N) is 2. The lowest BCUT2D eigenvalue weighted by molar-refractivity contribution is 0.0278. The van der Waals surface area contributed by atoms with Gasteiger partial charge in [-0.1, -0.05) is 6.92 Å². The highest BCUT2D eigenvalue weighted by atomic mass is 127. The Hall–Kier alpha value is -0.730. The van der Waals surface area contributed by atoms with Gasteiger partial charge in [0.25, 0.3) is 0 Å². The zero-order valence-corrected chi connectivity index (χ0v) is 16.9. The van der Waals surface area contributed by atoms with Crippen LogP contribution in [0.15, 0.2) is 4.99 Å². The van der Waals surface area contributed by atoms with Gasteiger partial charge in [0.05, 0.1) is 0 Å². The maximum Gasteiger partial charge on any atom is 0.410 e. The van der Waals surface area contributed by atoms with Crippen molar-refractivity contribution < 1.29 is 9.53 Å². The van der Waals surface area contributed by atoms with Gasteiger partial charge in [-0.05, 0) is 39.5 Å². The second-order valence-electron chi connectivity index (χ2n) is 6.84. The van der Waals surface area contributed by atoms with E-state index >= 15 is 0 Å². The lowest BCUT2D eigenvalue weighted by Crippen LogP contribution is -2.43. The van der Waals surface area contributed by atoms with Crippen LogP contribution in [-0.4, -0.2) is 55.8 Å². The monoisotopic (exact) mass is 426 g/mol. The van der Waals surface area contributed by atoms with Crippen LogP contribution in [0.2, 0.25) is 0 Å². The molecule has 6 nitrogen and oxygen atoms in total. The van der Waals surface area contributed by atoms with E-state index in [9.17, 15) is 4.79 Å². The van der Waals surface area contributed by atoms with Crippen molar-refractivity contribution in [2.45, 2.75) is 52.2 Å². The molecular weight excluding hydrogens is 395 g/mol. The molecule has 1 aliphatic rings. The van der Waals surface area contributed by atoms with Gasteiger partial charge >= 0.3 is 6.09 Å². The van der Waals surface area contributed by atoms with Crippen molar-refractivity contribution in [3.05, 3.63) is 0 Å². The number of hydrogen-bond donors (Lipinski definition) is 2. The van der Waals surface area contributed by atoms with E-state index in [1.54, 1.807) is 19.0 Å². The number of hydrogen-bond acceptors (Lipinski definition) is 3. The Morgan fingerprint density at radius 3 is 2.45 bits per heavy atom. The van der Waals surface area contributed by atoms with Crippen molar-refractivity contribution >= 4 is 36.0 Å². The van der Waals surface area contributed by atoms with Crippen molar-refractivity contribution in [1.82, 2.24) is 15.5 Å². The third-order valence-corrected chi connectivity index (χ3v) is 3.05. The zero-order valence-electron chi connectivity index (χ0n) is 14.6. The van der Waals surface area contributed by atoms with E-state index in [0.29, 0.717) is 18.5 Å². The largest absolute Gasteiger partial charge is 0.444 e. The van der Waals surface area contributed by atoms with E-state index in [4.69, 9.17) is 4.74 Å². The fourth-order valence-electron chi connectivity index (χ4n) is 1.83. The lowest BCUT2D eigenvalue weighted by atomic mass is 10.1. The van der Waals surface area contributed by atoms with Gasteiger partial charge in [0.1, 0.15) is 5.60 Å². The van der Waals surface area contributed by atoms with Crippen LogP contribution < -0.4 is 10.6 Å². The fourth-order valence-corrected chi connectivity index (χ4v) is 1.83. The highest BCUT2D eigenvalue weighted by molar-refractivity contribution is 14.0. The normalized spacial score (nSPS) is 16.4. The van der Waals surface area contributed by atoms with E-state index in [0.717, 1.165) is 12.5 Å². The topological polar surface area (TPSA) is 66.0 Å². The molecule has 1 fully saturated rings. The number of rotatable bonds is 5. The molecular formula is C15H31IN4O2. The fraction of sp³-hybridized carbons (Fsp3) is 0.867. The summed E-state index contributed by atoms with van der Waals surface area (Å²) in [6.45, 7) is 9.12. The van der Waals surface area contributed by atoms with Gasteiger partial charge in [-0.25, -0.2) is 4.79 Å². The average molecular weight is 426 g/mol. The number of guanidine groups is 1. The maximum atomic E-state index is 11.9. The second-order valence-corrected chi connectivity index (χ2v) is 6.84. The Morgan fingerprint density at radius 1 is 1.41 bits per heavy atom. The smallest absolute Gasteiger partial charge is 0.410 e. The highest BCUT2D eigenvalue weighted by Gasteiger charge is 2.23. The Morgan fingerprint density at radius 2 is 2.00 bits per heavy atom. The van der Waals surface area contributed by atoms with E-state index in [1.165, 1.54) is 12.8 Å².